The Bertz CT molecular complexity index is 539. The lowest BCUT2D eigenvalue weighted by atomic mass is 10.1. The van der Waals surface area contributed by atoms with Crippen LogP contribution in [-0.2, 0) is 4.43 Å². The molecular weight excluding hydrogens is 292 g/mol. The van der Waals surface area contributed by atoms with Gasteiger partial charge in [0.2, 0.25) is 0 Å². The molecular formula is C15H23F2NO2Si. The summed E-state index contributed by atoms with van der Waals surface area (Å²) in [5, 5.41) is 12.4. The van der Waals surface area contributed by atoms with Gasteiger partial charge in [-0.25, -0.2) is 8.78 Å². The third kappa shape index (κ3) is 4.10. The minimum atomic E-state index is -2.06. The van der Waals surface area contributed by atoms with E-state index < -0.39 is 26.1 Å². The van der Waals surface area contributed by atoms with Gasteiger partial charge >= 0.3 is 0 Å². The van der Waals surface area contributed by atoms with E-state index in [4.69, 9.17) is 4.43 Å². The summed E-state index contributed by atoms with van der Waals surface area (Å²) in [6, 6.07) is 3.39. The Morgan fingerprint density at radius 2 is 1.81 bits per heavy atom. The molecule has 0 aliphatic heterocycles. The van der Waals surface area contributed by atoms with Gasteiger partial charge in [0.05, 0.1) is 6.10 Å². The first-order valence-electron chi connectivity index (χ1n) is 6.85. The molecule has 0 spiro atoms. The largest absolute Gasteiger partial charge is 0.411 e. The van der Waals surface area contributed by atoms with Crippen molar-refractivity contribution in [3.05, 3.63) is 35.4 Å². The summed E-state index contributed by atoms with van der Waals surface area (Å²) in [5.74, 6) is -1.91. The van der Waals surface area contributed by atoms with Crippen molar-refractivity contribution in [2.45, 2.75) is 51.9 Å². The maximum absolute atomic E-state index is 13.3. The number of hydrogen-bond donors (Lipinski definition) is 1. The van der Waals surface area contributed by atoms with Gasteiger partial charge < -0.3 is 9.63 Å². The zero-order chi connectivity index (χ0) is 16.4. The fourth-order valence-corrected chi connectivity index (χ4v) is 3.05. The number of halogens is 2. The quantitative estimate of drug-likeness (QED) is 0.383. The third-order valence-electron chi connectivity index (χ3n) is 3.99. The van der Waals surface area contributed by atoms with Crippen LogP contribution in [0.25, 0.3) is 0 Å². The predicted molar refractivity (Wildman–Crippen MR) is 82.4 cm³/mol. The highest BCUT2D eigenvalue weighted by Gasteiger charge is 2.39. The Hall–Kier alpha value is -1.27. The van der Waals surface area contributed by atoms with E-state index in [1.165, 1.54) is 6.07 Å². The second-order valence-corrected chi connectivity index (χ2v) is 11.4. The summed E-state index contributed by atoms with van der Waals surface area (Å²) < 4.78 is 32.4. The van der Waals surface area contributed by atoms with E-state index in [-0.39, 0.29) is 10.7 Å². The Morgan fingerprint density at radius 3 is 2.24 bits per heavy atom. The first-order valence-corrected chi connectivity index (χ1v) is 9.75. The number of benzene rings is 1. The van der Waals surface area contributed by atoms with Gasteiger partial charge in [-0.3, -0.25) is 0 Å². The van der Waals surface area contributed by atoms with Gasteiger partial charge in [-0.2, -0.15) is 0 Å². The maximum Gasteiger partial charge on any atom is 0.192 e. The van der Waals surface area contributed by atoms with Gasteiger partial charge in [0.1, 0.15) is 5.71 Å². The van der Waals surface area contributed by atoms with Crippen LogP contribution >= 0.6 is 0 Å². The summed E-state index contributed by atoms with van der Waals surface area (Å²) in [6.07, 6.45) is -0.513. The molecule has 0 fully saturated rings. The molecule has 0 saturated carbocycles. The van der Waals surface area contributed by atoms with Crippen LogP contribution in [0.5, 0.6) is 0 Å². The minimum absolute atomic E-state index is 0.00410. The summed E-state index contributed by atoms with van der Waals surface area (Å²) in [6.45, 7) is 12.2. The van der Waals surface area contributed by atoms with Crippen molar-refractivity contribution in [1.29, 1.82) is 0 Å². The summed E-state index contributed by atoms with van der Waals surface area (Å²) >= 11 is 0. The summed E-state index contributed by atoms with van der Waals surface area (Å²) in [7, 11) is -2.06. The van der Waals surface area contributed by atoms with E-state index in [1.54, 1.807) is 6.92 Å². The van der Waals surface area contributed by atoms with Crippen molar-refractivity contribution in [1.82, 2.24) is 0 Å². The van der Waals surface area contributed by atoms with Crippen molar-refractivity contribution in [2.75, 3.05) is 0 Å². The average Bonchev–Trinajstić information content (AvgIpc) is 2.32. The molecule has 0 unspecified atom stereocenters. The highest BCUT2D eigenvalue weighted by Crippen LogP contribution is 2.37. The number of rotatable bonds is 4. The molecule has 0 amide bonds. The highest BCUT2D eigenvalue weighted by atomic mass is 28.4. The second kappa shape index (κ2) is 6.23. The number of oxime groups is 1. The zero-order valence-corrected chi connectivity index (χ0v) is 14.4. The van der Waals surface area contributed by atoms with Crippen molar-refractivity contribution in [3.8, 4) is 0 Å². The van der Waals surface area contributed by atoms with E-state index in [9.17, 15) is 14.0 Å². The normalized spacial score (nSPS) is 15.1. The van der Waals surface area contributed by atoms with Gasteiger partial charge in [-0.1, -0.05) is 25.9 Å². The van der Waals surface area contributed by atoms with Crippen molar-refractivity contribution in [3.63, 3.8) is 0 Å². The van der Waals surface area contributed by atoms with Gasteiger partial charge in [0.15, 0.2) is 20.0 Å². The van der Waals surface area contributed by atoms with Gasteiger partial charge in [-0.15, -0.1) is 0 Å². The molecule has 0 aliphatic carbocycles. The van der Waals surface area contributed by atoms with Crippen LogP contribution in [0.3, 0.4) is 0 Å². The van der Waals surface area contributed by atoms with E-state index in [1.807, 2.05) is 0 Å². The van der Waals surface area contributed by atoms with Crippen LogP contribution in [0, 0.1) is 11.6 Å². The van der Waals surface area contributed by atoms with Gasteiger partial charge in [0, 0.05) is 5.56 Å². The molecule has 0 radical (unpaired) electrons. The van der Waals surface area contributed by atoms with E-state index >= 15 is 0 Å². The SMILES string of the molecule is C[C@H](O[Si](C)(C)C(C)(C)C)/C(=N\O)c1ccc(F)c(F)c1. The second-order valence-electron chi connectivity index (χ2n) is 6.63. The van der Waals surface area contributed by atoms with Crippen LogP contribution in [-0.4, -0.2) is 25.3 Å². The Balaban J connectivity index is 3.03. The lowest BCUT2D eigenvalue weighted by molar-refractivity contribution is 0.247. The molecule has 1 N–H and O–H groups in total. The predicted octanol–water partition coefficient (Wildman–Crippen LogP) is 4.55. The van der Waals surface area contributed by atoms with Crippen LogP contribution in [0.15, 0.2) is 23.4 Å². The van der Waals surface area contributed by atoms with Gasteiger partial charge in [0.25, 0.3) is 0 Å². The molecule has 0 heterocycles. The molecule has 118 valence electrons. The summed E-state index contributed by atoms with van der Waals surface area (Å²) in [4.78, 5) is 0. The lowest BCUT2D eigenvalue weighted by Crippen LogP contribution is -2.45. The number of hydrogen-bond acceptors (Lipinski definition) is 3. The Morgan fingerprint density at radius 1 is 1.24 bits per heavy atom. The van der Waals surface area contributed by atoms with Crippen molar-refractivity contribution in [2.24, 2.45) is 5.16 Å². The molecule has 1 rings (SSSR count). The Kier molecular flexibility index (Phi) is 5.28. The fraction of sp³-hybridized carbons (Fsp3) is 0.533. The number of nitrogens with zero attached hydrogens (tertiary/aromatic N) is 1. The molecule has 0 saturated heterocycles. The zero-order valence-electron chi connectivity index (χ0n) is 13.4. The molecule has 0 aromatic heterocycles. The average molecular weight is 315 g/mol. The molecule has 0 aliphatic rings. The smallest absolute Gasteiger partial charge is 0.192 e. The molecule has 1 atom stereocenters. The highest BCUT2D eigenvalue weighted by molar-refractivity contribution is 6.74. The maximum atomic E-state index is 13.3. The Labute approximate surface area is 125 Å². The first-order chi connectivity index (χ1) is 9.49. The topological polar surface area (TPSA) is 41.8 Å². The standard InChI is InChI=1S/C15H23F2NO2Si/c1-10(20-21(5,6)15(2,3)4)14(18-19)11-7-8-12(16)13(17)9-11/h7-10,19H,1-6H3/b18-14+/t10-/m0/s1. The molecule has 1 aromatic carbocycles. The molecule has 3 nitrogen and oxygen atoms in total. The van der Waals surface area contributed by atoms with E-state index in [0.29, 0.717) is 5.56 Å². The fourth-order valence-electron chi connectivity index (χ4n) is 1.70. The first kappa shape index (κ1) is 17.8. The molecule has 21 heavy (non-hydrogen) atoms. The van der Waals surface area contributed by atoms with Crippen LogP contribution < -0.4 is 0 Å². The van der Waals surface area contributed by atoms with Crippen molar-refractivity contribution >= 4 is 14.0 Å². The molecule has 0 bridgehead atoms. The van der Waals surface area contributed by atoms with Crippen molar-refractivity contribution < 1.29 is 18.4 Å². The molecule has 6 heteroatoms. The molecule has 1 aromatic rings. The van der Waals surface area contributed by atoms with E-state index in [2.05, 4.69) is 39.0 Å². The lowest BCUT2D eigenvalue weighted by Gasteiger charge is -2.38. The van der Waals surface area contributed by atoms with Crippen LogP contribution in [0.1, 0.15) is 33.3 Å². The van der Waals surface area contributed by atoms with Crippen LogP contribution in [0.2, 0.25) is 18.1 Å². The van der Waals surface area contributed by atoms with E-state index in [0.717, 1.165) is 12.1 Å². The van der Waals surface area contributed by atoms with Crippen LogP contribution in [0.4, 0.5) is 8.78 Å². The monoisotopic (exact) mass is 315 g/mol. The summed E-state index contributed by atoms with van der Waals surface area (Å²) in [5.41, 5.74) is 0.501. The van der Waals surface area contributed by atoms with Gasteiger partial charge in [-0.05, 0) is 43.3 Å². The third-order valence-corrected chi connectivity index (χ3v) is 8.54. The minimum Gasteiger partial charge on any atom is -0.411 e.